The first kappa shape index (κ1) is 15.1. The Morgan fingerprint density at radius 1 is 1.30 bits per heavy atom. The number of aromatic nitrogens is 2. The van der Waals surface area contributed by atoms with E-state index < -0.39 is 0 Å². The lowest BCUT2D eigenvalue weighted by Crippen LogP contribution is -2.41. The van der Waals surface area contributed by atoms with Crippen LogP contribution in [0.5, 0.6) is 5.75 Å². The molecule has 23 heavy (non-hydrogen) atoms. The van der Waals surface area contributed by atoms with E-state index in [-0.39, 0.29) is 0 Å². The topological polar surface area (TPSA) is 41.1 Å². The van der Waals surface area contributed by atoms with Crippen LogP contribution in [-0.4, -0.2) is 46.3 Å². The van der Waals surface area contributed by atoms with Crippen molar-refractivity contribution in [3.05, 3.63) is 35.5 Å². The lowest BCUT2D eigenvalue weighted by Gasteiger charge is -2.36. The molecule has 0 aliphatic carbocycles. The van der Waals surface area contributed by atoms with Crippen molar-refractivity contribution in [3.63, 3.8) is 0 Å². The molecule has 122 valence electrons. The van der Waals surface area contributed by atoms with Gasteiger partial charge in [0.05, 0.1) is 12.8 Å². The van der Waals surface area contributed by atoms with E-state index in [0.29, 0.717) is 0 Å². The molecule has 0 spiro atoms. The lowest BCUT2D eigenvalue weighted by molar-refractivity contribution is 0.168. The molecular weight excluding hydrogens is 306 g/mol. The van der Waals surface area contributed by atoms with Gasteiger partial charge in [-0.25, -0.2) is 0 Å². The molecule has 1 aromatic heterocycles. The van der Waals surface area contributed by atoms with Crippen LogP contribution in [0.3, 0.4) is 0 Å². The summed E-state index contributed by atoms with van der Waals surface area (Å²) in [6, 6.07) is 8.96. The molecule has 5 heteroatoms. The Hall–Kier alpha value is -1.46. The summed E-state index contributed by atoms with van der Waals surface area (Å²) < 4.78 is 5.36. The molecular formula is C18H23N3OS. The van der Waals surface area contributed by atoms with Gasteiger partial charge in [0.2, 0.25) is 0 Å². The maximum atomic E-state index is 5.36. The summed E-state index contributed by atoms with van der Waals surface area (Å²) in [7, 11) is 1.71. The van der Waals surface area contributed by atoms with Gasteiger partial charge >= 0.3 is 0 Å². The summed E-state index contributed by atoms with van der Waals surface area (Å²) in [5, 5.41) is 7.88. The summed E-state index contributed by atoms with van der Waals surface area (Å²) in [4.78, 5) is 2.67. The molecule has 1 aromatic carbocycles. The van der Waals surface area contributed by atoms with Gasteiger partial charge < -0.3 is 4.74 Å². The molecule has 2 aliphatic rings. The minimum absolute atomic E-state index is 0.748. The fraction of sp³-hybridized carbons (Fsp3) is 0.500. The Bertz CT molecular complexity index is 679. The first-order valence-electron chi connectivity index (χ1n) is 8.37. The van der Waals surface area contributed by atoms with E-state index >= 15 is 0 Å². The van der Waals surface area contributed by atoms with Gasteiger partial charge in [-0.3, -0.25) is 10.00 Å². The Kier molecular flexibility index (Phi) is 4.31. The number of rotatable bonds is 3. The van der Waals surface area contributed by atoms with Gasteiger partial charge in [-0.2, -0.15) is 16.9 Å². The molecule has 3 heterocycles. The molecule has 0 amide bonds. The summed E-state index contributed by atoms with van der Waals surface area (Å²) >= 11 is 2.09. The van der Waals surface area contributed by atoms with Gasteiger partial charge in [-0.05, 0) is 36.5 Å². The largest absolute Gasteiger partial charge is 0.497 e. The lowest BCUT2D eigenvalue weighted by atomic mass is 9.98. The van der Waals surface area contributed by atoms with Gasteiger partial charge in [0.15, 0.2) is 0 Å². The molecule has 0 radical (unpaired) electrons. The molecule has 2 aromatic rings. The first-order valence-corrected chi connectivity index (χ1v) is 9.53. The van der Waals surface area contributed by atoms with Crippen LogP contribution < -0.4 is 4.74 Å². The van der Waals surface area contributed by atoms with Crippen LogP contribution >= 0.6 is 11.8 Å². The van der Waals surface area contributed by atoms with Crippen LogP contribution in [-0.2, 0) is 13.0 Å². The molecule has 1 saturated heterocycles. The average Bonchev–Trinajstić information content (AvgIpc) is 3.05. The van der Waals surface area contributed by atoms with Crippen molar-refractivity contribution in [3.8, 4) is 17.0 Å². The molecule has 4 nitrogen and oxygen atoms in total. The molecule has 0 unspecified atom stereocenters. The molecule has 4 rings (SSSR count). The average molecular weight is 329 g/mol. The highest BCUT2D eigenvalue weighted by Crippen LogP contribution is 2.32. The number of aromatic amines is 1. The van der Waals surface area contributed by atoms with Crippen molar-refractivity contribution in [2.75, 3.05) is 25.2 Å². The fourth-order valence-corrected chi connectivity index (χ4v) is 4.77. The van der Waals surface area contributed by atoms with Crippen molar-refractivity contribution < 1.29 is 4.74 Å². The Balaban J connectivity index is 1.61. The number of nitrogens with zero attached hydrogens (tertiary/aromatic N) is 2. The van der Waals surface area contributed by atoms with E-state index in [4.69, 9.17) is 4.74 Å². The normalized spacial score (nSPS) is 19.5. The number of hydrogen-bond acceptors (Lipinski definition) is 4. The summed E-state index contributed by atoms with van der Waals surface area (Å²) in [6.45, 7) is 2.18. The Morgan fingerprint density at radius 3 is 3.00 bits per heavy atom. The van der Waals surface area contributed by atoms with E-state index in [1.807, 2.05) is 12.1 Å². The van der Waals surface area contributed by atoms with Crippen LogP contribution in [0.25, 0.3) is 11.3 Å². The minimum Gasteiger partial charge on any atom is -0.497 e. The zero-order valence-corrected chi connectivity index (χ0v) is 14.4. The number of thioether (sulfide) groups is 1. The maximum absolute atomic E-state index is 5.36. The van der Waals surface area contributed by atoms with Gasteiger partial charge in [0, 0.05) is 42.4 Å². The maximum Gasteiger partial charge on any atom is 0.119 e. The Labute approximate surface area is 141 Å². The Morgan fingerprint density at radius 2 is 2.17 bits per heavy atom. The molecule has 1 fully saturated rings. The second-order valence-electron chi connectivity index (χ2n) is 6.33. The fourth-order valence-electron chi connectivity index (χ4n) is 3.69. The molecule has 1 N–H and O–H groups in total. The summed E-state index contributed by atoms with van der Waals surface area (Å²) in [5.74, 6) is 3.50. The van der Waals surface area contributed by atoms with E-state index in [1.165, 1.54) is 35.6 Å². The molecule has 0 atom stereocenters. The van der Waals surface area contributed by atoms with Crippen molar-refractivity contribution in [1.82, 2.24) is 15.1 Å². The number of fused-ring (bicyclic) bond motifs is 1. The smallest absolute Gasteiger partial charge is 0.119 e. The number of hydrogen-bond donors (Lipinski definition) is 1. The van der Waals surface area contributed by atoms with Gasteiger partial charge in [-0.15, -0.1) is 0 Å². The minimum atomic E-state index is 0.748. The van der Waals surface area contributed by atoms with Gasteiger partial charge in [0.25, 0.3) is 0 Å². The van der Waals surface area contributed by atoms with Crippen molar-refractivity contribution in [2.24, 2.45) is 0 Å². The highest BCUT2D eigenvalue weighted by molar-refractivity contribution is 7.99. The van der Waals surface area contributed by atoms with E-state index in [9.17, 15) is 0 Å². The van der Waals surface area contributed by atoms with Crippen molar-refractivity contribution >= 4 is 11.8 Å². The van der Waals surface area contributed by atoms with Crippen LogP contribution in [0.15, 0.2) is 24.3 Å². The van der Waals surface area contributed by atoms with Crippen molar-refractivity contribution in [1.29, 1.82) is 0 Å². The quantitative estimate of drug-likeness (QED) is 0.938. The van der Waals surface area contributed by atoms with Crippen molar-refractivity contribution in [2.45, 2.75) is 31.8 Å². The monoisotopic (exact) mass is 329 g/mol. The summed E-state index contributed by atoms with van der Waals surface area (Å²) in [5.41, 5.74) is 4.92. The number of H-pyrrole nitrogens is 1. The third-order valence-electron chi connectivity index (χ3n) is 5.01. The second kappa shape index (κ2) is 6.57. The van der Waals surface area contributed by atoms with E-state index in [2.05, 4.69) is 39.0 Å². The number of benzene rings is 1. The van der Waals surface area contributed by atoms with Crippen LogP contribution in [0.2, 0.25) is 0 Å². The predicted molar refractivity (Wildman–Crippen MR) is 95.0 cm³/mol. The standard InChI is InChI=1S/C18H23N3OS/c1-22-15-4-2-3-13(11-15)18-16-12-21(8-5-17(16)19-20-18)14-6-9-23-10-7-14/h2-4,11,14H,5-10,12H2,1H3,(H,19,20). The SMILES string of the molecule is COc1cccc(-c2n[nH]c3c2CN(C2CCSCC2)CC3)c1. The second-order valence-corrected chi connectivity index (χ2v) is 7.55. The zero-order chi connectivity index (χ0) is 15.6. The summed E-state index contributed by atoms with van der Waals surface area (Å²) in [6.07, 6.45) is 3.73. The van der Waals surface area contributed by atoms with Gasteiger partial charge in [-0.1, -0.05) is 12.1 Å². The highest BCUT2D eigenvalue weighted by Gasteiger charge is 2.28. The van der Waals surface area contributed by atoms with Crippen LogP contribution in [0.4, 0.5) is 0 Å². The molecule has 0 saturated carbocycles. The predicted octanol–water partition coefficient (Wildman–Crippen LogP) is 3.34. The number of methoxy groups -OCH3 is 1. The van der Waals surface area contributed by atoms with Crippen LogP contribution in [0, 0.1) is 0 Å². The first-order chi connectivity index (χ1) is 11.3. The third kappa shape index (κ3) is 3.00. The number of ether oxygens (including phenoxy) is 1. The number of nitrogens with one attached hydrogen (secondary N) is 1. The van der Waals surface area contributed by atoms with Crippen LogP contribution in [0.1, 0.15) is 24.1 Å². The third-order valence-corrected chi connectivity index (χ3v) is 6.06. The zero-order valence-electron chi connectivity index (χ0n) is 13.5. The molecule has 2 aliphatic heterocycles. The van der Waals surface area contributed by atoms with E-state index in [0.717, 1.165) is 42.6 Å². The highest BCUT2D eigenvalue weighted by atomic mass is 32.2. The van der Waals surface area contributed by atoms with Gasteiger partial charge in [0.1, 0.15) is 5.75 Å². The van der Waals surface area contributed by atoms with E-state index in [1.54, 1.807) is 7.11 Å². The molecule has 0 bridgehead atoms.